The summed E-state index contributed by atoms with van der Waals surface area (Å²) in [6.07, 6.45) is 44.9. The normalized spacial score (nSPS) is 13.2. The summed E-state index contributed by atoms with van der Waals surface area (Å²) in [5.74, 6) is -2.02. The molecule has 344 valence electrons. The standard InChI is InChI=1S/C50H91NO8/c1-6-8-10-12-14-16-18-20-22-23-24-25-27-28-30-32-34-36-38-40-47(52)57-44-46(45-58-50(49(54)55)56-43-42-51(3,4)5)59-48(53)41-39-37-35-33-31-29-26-21-19-17-15-13-11-9-7-2/h9,11,15,17,21,26,46,50H,6-8,10,12-14,16,18-20,22-25,27-45H2,1-5H3/p+1/b11-9-,17-15-,26-21-. The SMILES string of the molecule is CC/C=C\C/C=C\C/C=C\CCCCCCCC(=O)OC(COC(=O)CCCCCCCCCCCCCCCCCCCCC)COC(OCC[N+](C)(C)C)C(=O)O. The summed E-state index contributed by atoms with van der Waals surface area (Å²) in [6.45, 7) is 4.76. The number of ether oxygens (including phenoxy) is 4. The van der Waals surface area contributed by atoms with Gasteiger partial charge in [-0.2, -0.15) is 0 Å². The van der Waals surface area contributed by atoms with Gasteiger partial charge in [-0.3, -0.25) is 9.59 Å². The number of hydrogen-bond donors (Lipinski definition) is 1. The summed E-state index contributed by atoms with van der Waals surface area (Å²) in [7, 11) is 5.95. The maximum absolute atomic E-state index is 12.8. The van der Waals surface area contributed by atoms with Crippen LogP contribution in [0.2, 0.25) is 0 Å². The molecule has 0 aliphatic carbocycles. The third-order valence-electron chi connectivity index (χ3n) is 10.4. The number of carbonyl (C=O) groups excluding carboxylic acids is 2. The van der Waals surface area contributed by atoms with Crippen LogP contribution in [0.15, 0.2) is 36.5 Å². The van der Waals surface area contributed by atoms with Crippen molar-refractivity contribution in [1.29, 1.82) is 0 Å². The molecule has 9 heteroatoms. The van der Waals surface area contributed by atoms with Crippen molar-refractivity contribution in [3.05, 3.63) is 36.5 Å². The fourth-order valence-corrected chi connectivity index (χ4v) is 6.67. The van der Waals surface area contributed by atoms with Gasteiger partial charge < -0.3 is 28.5 Å². The van der Waals surface area contributed by atoms with E-state index < -0.39 is 24.3 Å². The minimum atomic E-state index is -1.51. The summed E-state index contributed by atoms with van der Waals surface area (Å²) in [5, 5.41) is 9.65. The molecule has 0 aromatic rings. The van der Waals surface area contributed by atoms with Crippen molar-refractivity contribution >= 4 is 17.9 Å². The van der Waals surface area contributed by atoms with Gasteiger partial charge in [0.15, 0.2) is 6.10 Å². The Morgan fingerprint density at radius 2 is 0.966 bits per heavy atom. The number of esters is 2. The fraction of sp³-hybridized carbons (Fsp3) is 0.820. The molecule has 0 rings (SSSR count). The van der Waals surface area contributed by atoms with Crippen molar-refractivity contribution in [1.82, 2.24) is 0 Å². The van der Waals surface area contributed by atoms with E-state index in [2.05, 4.69) is 50.3 Å². The molecule has 0 aliphatic heterocycles. The number of likely N-dealkylation sites (N-methyl/N-ethyl adjacent to an activating group) is 1. The van der Waals surface area contributed by atoms with Crippen molar-refractivity contribution in [3.8, 4) is 0 Å². The zero-order chi connectivity index (χ0) is 43.5. The van der Waals surface area contributed by atoms with Crippen molar-refractivity contribution in [2.24, 2.45) is 0 Å². The molecule has 0 bridgehead atoms. The first-order chi connectivity index (χ1) is 28.6. The Balaban J connectivity index is 4.36. The molecule has 2 unspecified atom stereocenters. The van der Waals surface area contributed by atoms with Crippen molar-refractivity contribution in [3.63, 3.8) is 0 Å². The van der Waals surface area contributed by atoms with Gasteiger partial charge in [0.25, 0.3) is 6.29 Å². The molecule has 0 radical (unpaired) electrons. The highest BCUT2D eigenvalue weighted by molar-refractivity contribution is 5.71. The predicted molar refractivity (Wildman–Crippen MR) is 244 cm³/mol. The highest BCUT2D eigenvalue weighted by Gasteiger charge is 2.25. The van der Waals surface area contributed by atoms with Crippen LogP contribution in [-0.4, -0.2) is 87.4 Å². The lowest BCUT2D eigenvalue weighted by Crippen LogP contribution is -2.40. The molecule has 0 aromatic carbocycles. The smallest absolute Gasteiger partial charge is 0.361 e. The zero-order valence-corrected chi connectivity index (χ0v) is 38.9. The van der Waals surface area contributed by atoms with Gasteiger partial charge in [-0.15, -0.1) is 0 Å². The minimum Gasteiger partial charge on any atom is -0.477 e. The van der Waals surface area contributed by atoms with Crippen LogP contribution in [0, 0.1) is 0 Å². The first-order valence-electron chi connectivity index (χ1n) is 24.2. The molecule has 0 aromatic heterocycles. The van der Waals surface area contributed by atoms with Crippen LogP contribution in [-0.2, 0) is 33.3 Å². The summed E-state index contributed by atoms with van der Waals surface area (Å²) < 4.78 is 22.8. The maximum Gasteiger partial charge on any atom is 0.361 e. The number of quaternary nitrogens is 1. The molecule has 0 saturated carbocycles. The molecule has 0 fully saturated rings. The number of carbonyl (C=O) groups is 3. The Kier molecular flexibility index (Phi) is 40.4. The molecule has 0 saturated heterocycles. The molecule has 1 N–H and O–H groups in total. The topological polar surface area (TPSA) is 108 Å². The van der Waals surface area contributed by atoms with Crippen molar-refractivity contribution in [2.45, 2.75) is 219 Å². The van der Waals surface area contributed by atoms with E-state index in [9.17, 15) is 19.5 Å². The predicted octanol–water partition coefficient (Wildman–Crippen LogP) is 13.0. The van der Waals surface area contributed by atoms with E-state index in [1.54, 1.807) is 0 Å². The molecule has 59 heavy (non-hydrogen) atoms. The second-order valence-electron chi connectivity index (χ2n) is 17.4. The first-order valence-corrected chi connectivity index (χ1v) is 24.2. The summed E-state index contributed by atoms with van der Waals surface area (Å²) in [5.41, 5.74) is 0. The van der Waals surface area contributed by atoms with Crippen molar-refractivity contribution < 1.29 is 42.9 Å². The van der Waals surface area contributed by atoms with Crippen LogP contribution < -0.4 is 0 Å². The lowest BCUT2D eigenvalue weighted by Gasteiger charge is -2.25. The van der Waals surface area contributed by atoms with Crippen LogP contribution in [0.25, 0.3) is 0 Å². The first kappa shape index (κ1) is 56.5. The van der Waals surface area contributed by atoms with Gasteiger partial charge in [-0.1, -0.05) is 185 Å². The quantitative estimate of drug-likeness (QED) is 0.0213. The van der Waals surface area contributed by atoms with E-state index in [0.717, 1.165) is 70.6 Å². The van der Waals surface area contributed by atoms with E-state index in [0.29, 0.717) is 23.9 Å². The van der Waals surface area contributed by atoms with Crippen LogP contribution in [0.1, 0.15) is 206 Å². The number of unbranched alkanes of at least 4 members (excludes halogenated alkanes) is 23. The number of hydrogen-bond acceptors (Lipinski definition) is 7. The largest absolute Gasteiger partial charge is 0.477 e. The van der Waals surface area contributed by atoms with Gasteiger partial charge in [-0.25, -0.2) is 4.79 Å². The van der Waals surface area contributed by atoms with Gasteiger partial charge >= 0.3 is 17.9 Å². The van der Waals surface area contributed by atoms with Crippen LogP contribution in [0.5, 0.6) is 0 Å². The summed E-state index contributed by atoms with van der Waals surface area (Å²) >= 11 is 0. The molecule has 0 spiro atoms. The summed E-state index contributed by atoms with van der Waals surface area (Å²) in [4.78, 5) is 37.2. The Labute approximate surface area is 362 Å². The third kappa shape index (κ3) is 43.4. The van der Waals surface area contributed by atoms with Gasteiger partial charge in [0.1, 0.15) is 13.2 Å². The average molecular weight is 835 g/mol. The van der Waals surface area contributed by atoms with E-state index >= 15 is 0 Å². The van der Waals surface area contributed by atoms with E-state index in [1.807, 2.05) is 21.1 Å². The molecule has 0 heterocycles. The number of nitrogens with zero attached hydrogens (tertiary/aromatic N) is 1. The number of rotatable bonds is 44. The van der Waals surface area contributed by atoms with Crippen LogP contribution in [0.3, 0.4) is 0 Å². The van der Waals surface area contributed by atoms with E-state index in [4.69, 9.17) is 18.9 Å². The highest BCUT2D eigenvalue weighted by atomic mass is 16.7. The third-order valence-corrected chi connectivity index (χ3v) is 10.4. The Morgan fingerprint density at radius 1 is 0.525 bits per heavy atom. The maximum atomic E-state index is 12.8. The highest BCUT2D eigenvalue weighted by Crippen LogP contribution is 2.16. The Bertz CT molecular complexity index is 1070. The van der Waals surface area contributed by atoms with Crippen molar-refractivity contribution in [2.75, 3.05) is 47.5 Å². The van der Waals surface area contributed by atoms with Gasteiger partial charge in [0.05, 0.1) is 34.4 Å². The van der Waals surface area contributed by atoms with Gasteiger partial charge in [0.2, 0.25) is 0 Å². The average Bonchev–Trinajstić information content (AvgIpc) is 3.19. The number of allylic oxidation sites excluding steroid dienone is 6. The molecule has 0 aliphatic rings. The molecule has 0 amide bonds. The Hall–Kier alpha value is -2.49. The Morgan fingerprint density at radius 3 is 1.44 bits per heavy atom. The lowest BCUT2D eigenvalue weighted by molar-refractivity contribution is -0.870. The molecular weight excluding hydrogens is 743 g/mol. The second-order valence-corrected chi connectivity index (χ2v) is 17.4. The van der Waals surface area contributed by atoms with E-state index in [1.165, 1.54) is 103 Å². The molecular formula is C50H92NO8+. The van der Waals surface area contributed by atoms with Gasteiger partial charge in [0, 0.05) is 12.8 Å². The van der Waals surface area contributed by atoms with E-state index in [-0.39, 0.29) is 32.2 Å². The minimum absolute atomic E-state index is 0.185. The summed E-state index contributed by atoms with van der Waals surface area (Å²) in [6, 6.07) is 0. The van der Waals surface area contributed by atoms with Gasteiger partial charge in [-0.05, 0) is 44.9 Å². The molecule has 9 nitrogen and oxygen atoms in total. The zero-order valence-electron chi connectivity index (χ0n) is 38.9. The monoisotopic (exact) mass is 835 g/mol. The van der Waals surface area contributed by atoms with Crippen LogP contribution >= 0.6 is 0 Å². The fourth-order valence-electron chi connectivity index (χ4n) is 6.67. The lowest BCUT2D eigenvalue weighted by atomic mass is 10.0. The number of aliphatic carboxylic acids is 1. The molecule has 2 atom stereocenters. The number of carboxylic acid groups (broad SMARTS) is 1. The number of carboxylic acids is 1. The van der Waals surface area contributed by atoms with Crippen LogP contribution in [0.4, 0.5) is 0 Å². The second kappa shape index (κ2) is 42.2.